The van der Waals surface area contributed by atoms with E-state index < -0.39 is 0 Å². The van der Waals surface area contributed by atoms with Crippen LogP contribution in [0.3, 0.4) is 0 Å². The average molecular weight is 477 g/mol. The molecular formula is C28H32N2O3S. The second-order valence-electron chi connectivity index (χ2n) is 9.68. The third-order valence-corrected chi connectivity index (χ3v) is 7.65. The van der Waals surface area contributed by atoms with Crippen LogP contribution in [0.1, 0.15) is 53.6 Å². The molecule has 0 saturated heterocycles. The second kappa shape index (κ2) is 10.0. The zero-order valence-corrected chi connectivity index (χ0v) is 21.3. The van der Waals surface area contributed by atoms with Crippen molar-refractivity contribution in [3.63, 3.8) is 0 Å². The Morgan fingerprint density at radius 3 is 2.56 bits per heavy atom. The number of hydrogen-bond donors (Lipinski definition) is 1. The number of fused-ring (bicyclic) bond motifs is 1. The fourth-order valence-corrected chi connectivity index (χ4v) is 5.67. The lowest BCUT2D eigenvalue weighted by Crippen LogP contribution is -2.27. The summed E-state index contributed by atoms with van der Waals surface area (Å²) in [5, 5.41) is 3.81. The summed E-state index contributed by atoms with van der Waals surface area (Å²) in [6.07, 6.45) is 4.73. The molecule has 3 aromatic rings. The van der Waals surface area contributed by atoms with Crippen molar-refractivity contribution in [2.75, 3.05) is 19.5 Å². The smallest absolute Gasteiger partial charge is 0.259 e. The molecule has 1 aromatic heterocycles. The first-order chi connectivity index (χ1) is 16.3. The van der Waals surface area contributed by atoms with E-state index in [-0.39, 0.29) is 11.3 Å². The number of ether oxygens (including phenoxy) is 2. The van der Waals surface area contributed by atoms with Gasteiger partial charge in [-0.3, -0.25) is 4.79 Å². The number of nitrogens with one attached hydrogen (secondary N) is 1. The highest BCUT2D eigenvalue weighted by molar-refractivity contribution is 7.16. The fraction of sp³-hybridized carbons (Fsp3) is 0.357. The Bertz CT molecular complexity index is 1190. The van der Waals surface area contributed by atoms with Crippen LogP contribution in [-0.2, 0) is 12.8 Å². The maximum absolute atomic E-state index is 13.4. The highest BCUT2D eigenvalue weighted by Gasteiger charge is 2.33. The number of anilines is 1. The number of methoxy groups -OCH3 is 2. The number of aliphatic imine (C=N–C) groups is 1. The van der Waals surface area contributed by atoms with Crippen molar-refractivity contribution in [2.24, 2.45) is 16.3 Å². The van der Waals surface area contributed by atoms with Gasteiger partial charge in [-0.2, -0.15) is 0 Å². The molecule has 0 radical (unpaired) electrons. The molecule has 6 heteroatoms. The Kier molecular flexibility index (Phi) is 7.08. The molecule has 178 valence electrons. The van der Waals surface area contributed by atoms with Crippen LogP contribution in [0.4, 0.5) is 10.7 Å². The van der Waals surface area contributed by atoms with Gasteiger partial charge >= 0.3 is 0 Å². The summed E-state index contributed by atoms with van der Waals surface area (Å²) in [4.78, 5) is 19.5. The van der Waals surface area contributed by atoms with E-state index >= 15 is 0 Å². The minimum absolute atomic E-state index is 0.105. The van der Waals surface area contributed by atoms with E-state index in [0.717, 1.165) is 46.8 Å². The van der Waals surface area contributed by atoms with Crippen LogP contribution in [-0.4, -0.2) is 26.3 Å². The van der Waals surface area contributed by atoms with Crippen molar-refractivity contribution in [2.45, 2.75) is 40.0 Å². The zero-order chi connectivity index (χ0) is 24.3. The minimum Gasteiger partial charge on any atom is -0.497 e. The summed E-state index contributed by atoms with van der Waals surface area (Å²) in [5.41, 5.74) is 3.68. The van der Waals surface area contributed by atoms with E-state index in [1.807, 2.05) is 48.5 Å². The number of carbonyl (C=O) groups excluding carboxylic acids is 1. The maximum Gasteiger partial charge on any atom is 0.259 e. The molecular weight excluding hydrogens is 444 g/mol. The number of hydrogen-bond acceptors (Lipinski definition) is 5. The Morgan fingerprint density at radius 2 is 1.88 bits per heavy atom. The van der Waals surface area contributed by atoms with Crippen molar-refractivity contribution in [3.8, 4) is 11.5 Å². The number of thiophene rings is 1. The van der Waals surface area contributed by atoms with Gasteiger partial charge in [0, 0.05) is 28.4 Å². The topological polar surface area (TPSA) is 59.9 Å². The van der Waals surface area contributed by atoms with Gasteiger partial charge in [-0.15, -0.1) is 11.3 Å². The highest BCUT2D eigenvalue weighted by atomic mass is 32.1. The van der Waals surface area contributed by atoms with E-state index in [0.29, 0.717) is 17.2 Å². The van der Waals surface area contributed by atoms with Crippen LogP contribution in [0.15, 0.2) is 53.5 Å². The van der Waals surface area contributed by atoms with Gasteiger partial charge in [-0.05, 0) is 60.4 Å². The molecule has 1 heterocycles. The molecule has 4 rings (SSSR count). The first kappa shape index (κ1) is 24.0. The molecule has 2 aromatic carbocycles. The Labute approximate surface area is 205 Å². The molecule has 1 aliphatic carbocycles. The van der Waals surface area contributed by atoms with Crippen LogP contribution in [0.5, 0.6) is 11.5 Å². The van der Waals surface area contributed by atoms with Crippen LogP contribution >= 0.6 is 11.3 Å². The van der Waals surface area contributed by atoms with Gasteiger partial charge in [0.15, 0.2) is 0 Å². The van der Waals surface area contributed by atoms with Crippen LogP contribution in [0, 0.1) is 11.3 Å². The number of benzene rings is 2. The quantitative estimate of drug-likeness (QED) is 0.393. The monoisotopic (exact) mass is 476 g/mol. The van der Waals surface area contributed by atoms with E-state index in [1.54, 1.807) is 31.8 Å². The molecule has 0 fully saturated rings. The van der Waals surface area contributed by atoms with Gasteiger partial charge in [0.2, 0.25) is 0 Å². The number of rotatable bonds is 6. The molecule has 0 spiro atoms. The first-order valence-electron chi connectivity index (χ1n) is 11.6. The van der Waals surface area contributed by atoms with E-state index in [2.05, 4.69) is 26.1 Å². The van der Waals surface area contributed by atoms with Gasteiger partial charge in [-0.25, -0.2) is 4.99 Å². The summed E-state index contributed by atoms with van der Waals surface area (Å²) in [5.74, 6) is 1.87. The summed E-state index contributed by atoms with van der Waals surface area (Å²) < 4.78 is 10.8. The van der Waals surface area contributed by atoms with Crippen molar-refractivity contribution >= 4 is 34.1 Å². The van der Waals surface area contributed by atoms with Gasteiger partial charge in [0.25, 0.3) is 5.91 Å². The van der Waals surface area contributed by atoms with Gasteiger partial charge in [-0.1, -0.05) is 39.0 Å². The average Bonchev–Trinajstić information content (AvgIpc) is 3.20. The van der Waals surface area contributed by atoms with Crippen molar-refractivity contribution in [1.29, 1.82) is 0 Å². The van der Waals surface area contributed by atoms with E-state index in [9.17, 15) is 4.79 Å². The molecule has 0 saturated carbocycles. The number of amides is 1. The molecule has 0 bridgehead atoms. The number of para-hydroxylation sites is 1. The van der Waals surface area contributed by atoms with Crippen LogP contribution < -0.4 is 14.8 Å². The predicted molar refractivity (Wildman–Crippen MR) is 140 cm³/mol. The third-order valence-electron chi connectivity index (χ3n) is 6.49. The number of carbonyl (C=O) groups is 1. The molecule has 0 aliphatic heterocycles. The first-order valence-corrected chi connectivity index (χ1v) is 12.4. The normalized spacial score (nSPS) is 15.7. The SMILES string of the molecule is COc1ccc(C=Nc2sc3c(c2C(=O)Nc2ccccc2)CC[C@@H](C(C)(C)C)C3)c(OC)c1. The lowest BCUT2D eigenvalue weighted by molar-refractivity contribution is 0.102. The lowest BCUT2D eigenvalue weighted by Gasteiger charge is -2.33. The van der Waals surface area contributed by atoms with Crippen molar-refractivity contribution in [3.05, 3.63) is 70.1 Å². The van der Waals surface area contributed by atoms with Gasteiger partial charge < -0.3 is 14.8 Å². The Hall–Kier alpha value is -3.12. The summed E-state index contributed by atoms with van der Waals surface area (Å²) >= 11 is 1.64. The second-order valence-corrected chi connectivity index (χ2v) is 10.8. The lowest BCUT2D eigenvalue weighted by atomic mass is 9.72. The minimum atomic E-state index is -0.105. The molecule has 1 N–H and O–H groups in total. The van der Waals surface area contributed by atoms with Gasteiger partial charge in [0.1, 0.15) is 16.5 Å². The van der Waals surface area contributed by atoms with E-state index in [1.165, 1.54) is 4.88 Å². The van der Waals surface area contributed by atoms with Crippen LogP contribution in [0.2, 0.25) is 0 Å². The van der Waals surface area contributed by atoms with Crippen molar-refractivity contribution in [1.82, 2.24) is 0 Å². The molecule has 5 nitrogen and oxygen atoms in total. The third kappa shape index (κ3) is 5.17. The Morgan fingerprint density at radius 1 is 1.12 bits per heavy atom. The highest BCUT2D eigenvalue weighted by Crippen LogP contribution is 2.45. The van der Waals surface area contributed by atoms with E-state index in [4.69, 9.17) is 14.5 Å². The largest absolute Gasteiger partial charge is 0.497 e. The molecule has 1 aliphatic rings. The standard InChI is InChI=1S/C28H32N2O3S/c1-28(2,3)19-12-14-22-24(15-19)34-27(25(22)26(31)30-20-9-7-6-8-10-20)29-17-18-11-13-21(32-4)16-23(18)33-5/h6-11,13,16-17,19H,12,14-15H2,1-5H3,(H,30,31)/t19-/m1/s1. The predicted octanol–water partition coefficient (Wildman–Crippen LogP) is 6.92. The van der Waals surface area contributed by atoms with Crippen LogP contribution in [0.25, 0.3) is 0 Å². The summed E-state index contributed by atoms with van der Waals surface area (Å²) in [6.45, 7) is 6.90. The Balaban J connectivity index is 1.72. The number of nitrogens with zero attached hydrogens (tertiary/aromatic N) is 1. The maximum atomic E-state index is 13.4. The summed E-state index contributed by atoms with van der Waals surface area (Å²) in [7, 11) is 3.25. The molecule has 1 atom stereocenters. The fourth-order valence-electron chi connectivity index (χ4n) is 4.40. The summed E-state index contributed by atoms with van der Waals surface area (Å²) in [6, 6.07) is 15.2. The molecule has 1 amide bonds. The van der Waals surface area contributed by atoms with Crippen molar-refractivity contribution < 1.29 is 14.3 Å². The zero-order valence-electron chi connectivity index (χ0n) is 20.5. The van der Waals surface area contributed by atoms with Gasteiger partial charge in [0.05, 0.1) is 19.8 Å². The molecule has 0 unspecified atom stereocenters. The molecule has 34 heavy (non-hydrogen) atoms.